The van der Waals surface area contributed by atoms with Crippen LogP contribution in [0, 0.1) is 5.82 Å². The highest BCUT2D eigenvalue weighted by atomic mass is 32.2. The Kier molecular flexibility index (Phi) is 4.89. The lowest BCUT2D eigenvalue weighted by atomic mass is 9.86. The SMILES string of the molecule is O=C1CCC(N2Cc3c(cc(F)cc3C3CCN(S(=O)(=O)C4CC4)CC3)C2=O)C(=O)N1. The molecule has 3 aliphatic heterocycles. The van der Waals surface area contributed by atoms with Crippen molar-refractivity contribution >= 4 is 27.7 Å². The van der Waals surface area contributed by atoms with Gasteiger partial charge in [-0.25, -0.2) is 17.1 Å². The van der Waals surface area contributed by atoms with Gasteiger partial charge in [0.05, 0.1) is 5.25 Å². The van der Waals surface area contributed by atoms with Gasteiger partial charge in [0.1, 0.15) is 11.9 Å². The monoisotopic (exact) mass is 449 g/mol. The fourth-order valence-corrected chi connectivity index (χ4v) is 6.89. The molecule has 0 spiro atoms. The molecule has 1 aromatic carbocycles. The maximum absolute atomic E-state index is 14.4. The first-order chi connectivity index (χ1) is 14.8. The first-order valence-electron chi connectivity index (χ1n) is 10.7. The van der Waals surface area contributed by atoms with Gasteiger partial charge >= 0.3 is 0 Å². The third-order valence-corrected chi connectivity index (χ3v) is 9.25. The second-order valence-electron chi connectivity index (χ2n) is 8.84. The molecule has 2 saturated heterocycles. The normalized spacial score (nSPS) is 25.6. The molecule has 1 N–H and O–H groups in total. The smallest absolute Gasteiger partial charge is 0.255 e. The van der Waals surface area contributed by atoms with Gasteiger partial charge in [0.15, 0.2) is 0 Å². The predicted octanol–water partition coefficient (Wildman–Crippen LogP) is 1.26. The number of nitrogens with zero attached hydrogens (tertiary/aromatic N) is 2. The van der Waals surface area contributed by atoms with Gasteiger partial charge in [-0.05, 0) is 61.3 Å². The molecule has 1 atom stereocenters. The number of benzene rings is 1. The number of piperidine rings is 2. The Morgan fingerprint density at radius 1 is 1.00 bits per heavy atom. The maximum Gasteiger partial charge on any atom is 0.255 e. The molecule has 0 bridgehead atoms. The molecule has 3 heterocycles. The Morgan fingerprint density at radius 2 is 1.71 bits per heavy atom. The summed E-state index contributed by atoms with van der Waals surface area (Å²) in [6, 6.07) is 1.90. The Morgan fingerprint density at radius 3 is 2.35 bits per heavy atom. The Hall–Kier alpha value is -2.33. The van der Waals surface area contributed by atoms with Gasteiger partial charge in [-0.3, -0.25) is 19.7 Å². The van der Waals surface area contributed by atoms with Gasteiger partial charge < -0.3 is 4.90 Å². The van der Waals surface area contributed by atoms with E-state index in [-0.39, 0.29) is 42.0 Å². The molecule has 3 amide bonds. The molecule has 0 aromatic heterocycles. The topological polar surface area (TPSA) is 104 Å². The second kappa shape index (κ2) is 7.37. The van der Waals surface area contributed by atoms with E-state index in [1.54, 1.807) is 4.31 Å². The highest BCUT2D eigenvalue weighted by Crippen LogP contribution is 2.39. The minimum Gasteiger partial charge on any atom is -0.322 e. The summed E-state index contributed by atoms with van der Waals surface area (Å²) in [6.07, 6.45) is 2.98. The lowest BCUT2D eigenvalue weighted by Gasteiger charge is -2.32. The van der Waals surface area contributed by atoms with Gasteiger partial charge in [-0.1, -0.05) is 0 Å². The summed E-state index contributed by atoms with van der Waals surface area (Å²) in [5.41, 5.74) is 1.69. The van der Waals surface area contributed by atoms with Crippen LogP contribution in [0.5, 0.6) is 0 Å². The van der Waals surface area contributed by atoms with E-state index in [1.165, 1.54) is 17.0 Å². The van der Waals surface area contributed by atoms with Gasteiger partial charge in [-0.15, -0.1) is 0 Å². The number of carbonyl (C=O) groups excluding carboxylic acids is 3. The van der Waals surface area contributed by atoms with Crippen molar-refractivity contribution < 1.29 is 27.2 Å². The number of imide groups is 1. The van der Waals surface area contributed by atoms with Crippen LogP contribution < -0.4 is 5.32 Å². The van der Waals surface area contributed by atoms with Crippen LogP contribution in [-0.2, 0) is 26.2 Å². The van der Waals surface area contributed by atoms with Crippen LogP contribution in [0.15, 0.2) is 12.1 Å². The lowest BCUT2D eigenvalue weighted by Crippen LogP contribution is -2.52. The van der Waals surface area contributed by atoms with Crippen LogP contribution in [0.4, 0.5) is 4.39 Å². The number of hydrogen-bond donors (Lipinski definition) is 1. The van der Waals surface area contributed by atoms with E-state index in [1.807, 2.05) is 0 Å². The number of halogens is 1. The third kappa shape index (κ3) is 3.55. The first-order valence-corrected chi connectivity index (χ1v) is 12.2. The van der Waals surface area contributed by atoms with Crippen LogP contribution in [0.1, 0.15) is 65.9 Å². The zero-order chi connectivity index (χ0) is 21.9. The Bertz CT molecular complexity index is 1080. The van der Waals surface area contributed by atoms with E-state index < -0.39 is 33.7 Å². The summed E-state index contributed by atoms with van der Waals surface area (Å²) in [6.45, 7) is 0.968. The fourth-order valence-electron chi connectivity index (χ4n) is 5.02. The molecule has 10 heteroatoms. The summed E-state index contributed by atoms with van der Waals surface area (Å²) < 4.78 is 41.0. The number of hydrogen-bond acceptors (Lipinski definition) is 5. The summed E-state index contributed by atoms with van der Waals surface area (Å²) in [5.74, 6) is -1.83. The fraction of sp³-hybridized carbons (Fsp3) is 0.571. The van der Waals surface area contributed by atoms with Crippen LogP contribution in [0.3, 0.4) is 0 Å². The number of carbonyl (C=O) groups is 3. The number of amides is 3. The van der Waals surface area contributed by atoms with Crippen LogP contribution in [0.2, 0.25) is 0 Å². The third-order valence-electron chi connectivity index (χ3n) is 6.85. The van der Waals surface area contributed by atoms with Crippen molar-refractivity contribution in [2.45, 2.75) is 62.3 Å². The average molecular weight is 450 g/mol. The molecule has 8 nitrogen and oxygen atoms in total. The number of fused-ring (bicyclic) bond motifs is 1. The first kappa shape index (κ1) is 20.6. The van der Waals surface area contributed by atoms with Crippen molar-refractivity contribution in [1.29, 1.82) is 0 Å². The molecule has 4 aliphatic rings. The molecular weight excluding hydrogens is 425 g/mol. The summed E-state index contributed by atoms with van der Waals surface area (Å²) in [5, 5.41) is 2.02. The highest BCUT2D eigenvalue weighted by Gasteiger charge is 2.43. The molecule has 1 aromatic rings. The minimum absolute atomic E-state index is 0.0513. The molecule has 5 rings (SSSR count). The Balaban J connectivity index is 1.37. The average Bonchev–Trinajstić information content (AvgIpc) is 3.54. The largest absolute Gasteiger partial charge is 0.322 e. The van der Waals surface area contributed by atoms with Crippen molar-refractivity contribution in [2.75, 3.05) is 13.1 Å². The molecule has 1 aliphatic carbocycles. The quantitative estimate of drug-likeness (QED) is 0.697. The van der Waals surface area contributed by atoms with E-state index in [0.29, 0.717) is 31.5 Å². The molecule has 166 valence electrons. The van der Waals surface area contributed by atoms with Crippen LogP contribution >= 0.6 is 0 Å². The van der Waals surface area contributed by atoms with Crippen molar-refractivity contribution in [1.82, 2.24) is 14.5 Å². The Labute approximate surface area is 179 Å². The standard InChI is InChI=1S/C21H24FN3O5S/c22-13-9-15(12-5-7-24(8-6-12)31(29,30)14-1-2-14)17-11-25(21(28)16(17)10-13)18-3-4-19(26)23-20(18)27/h9-10,12,14,18H,1-8,11H2,(H,23,26,27). The lowest BCUT2D eigenvalue weighted by molar-refractivity contribution is -0.136. The van der Waals surface area contributed by atoms with Gasteiger partial charge in [0.25, 0.3) is 5.91 Å². The maximum atomic E-state index is 14.4. The van der Waals surface area contributed by atoms with E-state index >= 15 is 0 Å². The number of nitrogens with one attached hydrogen (secondary N) is 1. The van der Waals surface area contributed by atoms with E-state index in [0.717, 1.165) is 18.4 Å². The highest BCUT2D eigenvalue weighted by molar-refractivity contribution is 7.90. The summed E-state index contributed by atoms with van der Waals surface area (Å²) in [7, 11) is -3.23. The van der Waals surface area contributed by atoms with Crippen molar-refractivity contribution in [2.24, 2.45) is 0 Å². The summed E-state index contributed by atoms with van der Waals surface area (Å²) >= 11 is 0. The van der Waals surface area contributed by atoms with Crippen molar-refractivity contribution in [3.63, 3.8) is 0 Å². The van der Waals surface area contributed by atoms with E-state index in [2.05, 4.69) is 5.32 Å². The number of rotatable bonds is 4. The predicted molar refractivity (Wildman–Crippen MR) is 108 cm³/mol. The zero-order valence-electron chi connectivity index (χ0n) is 17.0. The molecule has 3 fully saturated rings. The zero-order valence-corrected chi connectivity index (χ0v) is 17.8. The summed E-state index contributed by atoms with van der Waals surface area (Å²) in [4.78, 5) is 38.1. The van der Waals surface area contributed by atoms with Crippen LogP contribution in [0.25, 0.3) is 0 Å². The van der Waals surface area contributed by atoms with Crippen molar-refractivity contribution in [3.05, 3.63) is 34.6 Å². The van der Waals surface area contributed by atoms with E-state index in [9.17, 15) is 27.2 Å². The van der Waals surface area contributed by atoms with Gasteiger partial charge in [0.2, 0.25) is 21.8 Å². The minimum atomic E-state index is -3.23. The second-order valence-corrected chi connectivity index (χ2v) is 11.1. The molecule has 1 unspecified atom stereocenters. The molecule has 0 radical (unpaired) electrons. The molecular formula is C21H24FN3O5S. The number of sulfonamides is 1. The van der Waals surface area contributed by atoms with Crippen molar-refractivity contribution in [3.8, 4) is 0 Å². The molecule has 1 saturated carbocycles. The van der Waals surface area contributed by atoms with Crippen LogP contribution in [-0.4, -0.2) is 59.7 Å². The van der Waals surface area contributed by atoms with Gasteiger partial charge in [0, 0.05) is 31.6 Å². The van der Waals surface area contributed by atoms with Gasteiger partial charge in [-0.2, -0.15) is 0 Å². The van der Waals surface area contributed by atoms with E-state index in [4.69, 9.17) is 0 Å². The molecule has 31 heavy (non-hydrogen) atoms.